The number of hydrogen-bond acceptors (Lipinski definition) is 2. The maximum atomic E-state index is 5.63. The van der Waals surface area contributed by atoms with Gasteiger partial charge in [-0.3, -0.25) is 0 Å². The van der Waals surface area contributed by atoms with Gasteiger partial charge < -0.3 is 10.6 Å². The van der Waals surface area contributed by atoms with E-state index in [0.29, 0.717) is 0 Å². The predicted octanol–water partition coefficient (Wildman–Crippen LogP) is 1.07. The molecule has 0 unspecified atom stereocenters. The number of nitrogens with zero attached hydrogens (tertiary/aromatic N) is 1. The topological polar surface area (TPSA) is 29.3 Å². The average Bonchev–Trinajstić information content (AvgIpc) is 2.04. The fourth-order valence-corrected chi connectivity index (χ4v) is 2.00. The zero-order valence-electron chi connectivity index (χ0n) is 7.71. The second kappa shape index (κ2) is 4.07. The molecule has 2 N–H and O–H groups in total. The zero-order chi connectivity index (χ0) is 8.27. The summed E-state index contributed by atoms with van der Waals surface area (Å²) in [6.07, 6.45) is 2.60. The number of piperidine rings is 1. The van der Waals surface area contributed by atoms with E-state index >= 15 is 0 Å². The Hall–Kier alpha value is -0.0800. The molecule has 1 fully saturated rings. The first-order valence-electron chi connectivity index (χ1n) is 4.72. The van der Waals surface area contributed by atoms with Gasteiger partial charge in [0.1, 0.15) is 0 Å². The van der Waals surface area contributed by atoms with E-state index in [2.05, 4.69) is 18.7 Å². The molecule has 2 atom stereocenters. The van der Waals surface area contributed by atoms with Crippen LogP contribution in [0.25, 0.3) is 0 Å². The van der Waals surface area contributed by atoms with Gasteiger partial charge in [0.2, 0.25) is 0 Å². The molecular weight excluding hydrogens is 136 g/mol. The summed E-state index contributed by atoms with van der Waals surface area (Å²) in [4.78, 5) is 2.53. The Labute approximate surface area is 69.8 Å². The van der Waals surface area contributed by atoms with Crippen LogP contribution in [0.15, 0.2) is 0 Å². The van der Waals surface area contributed by atoms with E-state index in [-0.39, 0.29) is 0 Å². The molecule has 0 aromatic carbocycles. The Morgan fingerprint density at radius 2 is 2.27 bits per heavy atom. The lowest BCUT2D eigenvalue weighted by molar-refractivity contribution is 0.132. The highest BCUT2D eigenvalue weighted by Crippen LogP contribution is 2.20. The van der Waals surface area contributed by atoms with Crippen molar-refractivity contribution < 1.29 is 0 Å². The van der Waals surface area contributed by atoms with Crippen molar-refractivity contribution in [1.82, 2.24) is 4.90 Å². The third kappa shape index (κ3) is 2.17. The molecule has 0 saturated carbocycles. The summed E-state index contributed by atoms with van der Waals surface area (Å²) in [6.45, 7) is 7.87. The maximum absolute atomic E-state index is 5.63. The lowest BCUT2D eigenvalue weighted by Crippen LogP contribution is -2.42. The van der Waals surface area contributed by atoms with Crippen LogP contribution in [-0.2, 0) is 0 Å². The van der Waals surface area contributed by atoms with Crippen LogP contribution in [0, 0.1) is 5.92 Å². The summed E-state index contributed by atoms with van der Waals surface area (Å²) >= 11 is 0. The van der Waals surface area contributed by atoms with E-state index in [4.69, 9.17) is 5.73 Å². The Morgan fingerprint density at radius 3 is 2.73 bits per heavy atom. The third-order valence-corrected chi connectivity index (χ3v) is 2.86. The molecule has 1 saturated heterocycles. The van der Waals surface area contributed by atoms with Crippen molar-refractivity contribution in [1.29, 1.82) is 0 Å². The molecule has 1 aliphatic heterocycles. The molecule has 0 radical (unpaired) electrons. The molecule has 66 valence electrons. The summed E-state index contributed by atoms with van der Waals surface area (Å²) < 4.78 is 0. The van der Waals surface area contributed by atoms with Gasteiger partial charge in [-0.25, -0.2) is 0 Å². The standard InChI is InChI=1S/C9H20N2/c1-3-11-5-4-9(7-10)6-8(11)2/h8-9H,3-7,10H2,1-2H3/t8-,9-/m1/s1. The van der Waals surface area contributed by atoms with Crippen molar-refractivity contribution in [3.05, 3.63) is 0 Å². The van der Waals surface area contributed by atoms with Gasteiger partial charge in [-0.05, 0) is 45.3 Å². The third-order valence-electron chi connectivity index (χ3n) is 2.86. The van der Waals surface area contributed by atoms with Crippen molar-refractivity contribution in [3.63, 3.8) is 0 Å². The summed E-state index contributed by atoms with van der Waals surface area (Å²) in [7, 11) is 0. The van der Waals surface area contributed by atoms with Gasteiger partial charge in [-0.15, -0.1) is 0 Å². The van der Waals surface area contributed by atoms with Crippen molar-refractivity contribution in [2.75, 3.05) is 19.6 Å². The first-order valence-corrected chi connectivity index (χ1v) is 4.72. The van der Waals surface area contributed by atoms with Crippen LogP contribution in [0.4, 0.5) is 0 Å². The highest BCUT2D eigenvalue weighted by atomic mass is 15.1. The highest BCUT2D eigenvalue weighted by Gasteiger charge is 2.22. The van der Waals surface area contributed by atoms with Crippen LogP contribution in [0.1, 0.15) is 26.7 Å². The Bertz CT molecular complexity index is 114. The van der Waals surface area contributed by atoms with Gasteiger partial charge in [0.25, 0.3) is 0 Å². The molecule has 0 spiro atoms. The molecule has 2 heteroatoms. The summed E-state index contributed by atoms with van der Waals surface area (Å²) in [5, 5.41) is 0. The van der Waals surface area contributed by atoms with E-state index in [1.165, 1.54) is 25.9 Å². The minimum atomic E-state index is 0.752. The van der Waals surface area contributed by atoms with Gasteiger partial charge in [-0.2, -0.15) is 0 Å². The predicted molar refractivity (Wildman–Crippen MR) is 48.5 cm³/mol. The molecule has 11 heavy (non-hydrogen) atoms. The van der Waals surface area contributed by atoms with Crippen molar-refractivity contribution in [2.45, 2.75) is 32.7 Å². The second-order valence-electron chi connectivity index (χ2n) is 3.60. The fourth-order valence-electron chi connectivity index (χ4n) is 2.00. The lowest BCUT2D eigenvalue weighted by Gasteiger charge is -2.36. The first-order chi connectivity index (χ1) is 5.27. The molecular formula is C9H20N2. The van der Waals surface area contributed by atoms with Crippen LogP contribution in [0.3, 0.4) is 0 Å². The van der Waals surface area contributed by atoms with Crippen LogP contribution >= 0.6 is 0 Å². The summed E-state index contributed by atoms with van der Waals surface area (Å²) in [5.41, 5.74) is 5.63. The van der Waals surface area contributed by atoms with E-state index < -0.39 is 0 Å². The molecule has 2 nitrogen and oxygen atoms in total. The monoisotopic (exact) mass is 156 g/mol. The van der Waals surface area contributed by atoms with E-state index in [0.717, 1.165) is 18.5 Å². The zero-order valence-corrected chi connectivity index (χ0v) is 7.71. The molecule has 0 amide bonds. The minimum Gasteiger partial charge on any atom is -0.330 e. The SMILES string of the molecule is CCN1CC[C@@H](CN)C[C@H]1C. The molecule has 1 heterocycles. The van der Waals surface area contributed by atoms with Gasteiger partial charge in [0, 0.05) is 6.04 Å². The van der Waals surface area contributed by atoms with Gasteiger partial charge in [-0.1, -0.05) is 6.92 Å². The second-order valence-corrected chi connectivity index (χ2v) is 3.60. The molecule has 0 aromatic heterocycles. The number of rotatable bonds is 2. The first kappa shape index (κ1) is 9.01. The maximum Gasteiger partial charge on any atom is 0.00699 e. The van der Waals surface area contributed by atoms with Gasteiger partial charge >= 0.3 is 0 Å². The Morgan fingerprint density at radius 1 is 1.55 bits per heavy atom. The van der Waals surface area contributed by atoms with Crippen molar-refractivity contribution in [3.8, 4) is 0 Å². The quantitative estimate of drug-likeness (QED) is 0.648. The van der Waals surface area contributed by atoms with Crippen molar-refractivity contribution >= 4 is 0 Å². The number of hydrogen-bond donors (Lipinski definition) is 1. The summed E-state index contributed by atoms with van der Waals surface area (Å²) in [6, 6.07) is 0.752. The van der Waals surface area contributed by atoms with Crippen LogP contribution in [-0.4, -0.2) is 30.6 Å². The summed E-state index contributed by atoms with van der Waals surface area (Å²) in [5.74, 6) is 0.785. The largest absolute Gasteiger partial charge is 0.330 e. The van der Waals surface area contributed by atoms with Gasteiger partial charge in [0.05, 0.1) is 0 Å². The van der Waals surface area contributed by atoms with Crippen LogP contribution < -0.4 is 5.73 Å². The highest BCUT2D eigenvalue weighted by molar-refractivity contribution is 4.78. The molecule has 0 aromatic rings. The van der Waals surface area contributed by atoms with Crippen LogP contribution in [0.5, 0.6) is 0 Å². The smallest absolute Gasteiger partial charge is 0.00699 e. The van der Waals surface area contributed by atoms with E-state index in [1.807, 2.05) is 0 Å². The van der Waals surface area contributed by atoms with Crippen LogP contribution in [0.2, 0.25) is 0 Å². The molecule has 1 aliphatic rings. The van der Waals surface area contributed by atoms with E-state index in [1.54, 1.807) is 0 Å². The molecule has 1 rings (SSSR count). The number of nitrogens with two attached hydrogens (primary N) is 1. The molecule has 0 bridgehead atoms. The fraction of sp³-hybridized carbons (Fsp3) is 1.00. The Balaban J connectivity index is 2.34. The molecule has 0 aliphatic carbocycles. The van der Waals surface area contributed by atoms with E-state index in [9.17, 15) is 0 Å². The normalized spacial score (nSPS) is 34.1. The van der Waals surface area contributed by atoms with Gasteiger partial charge in [0.15, 0.2) is 0 Å². The number of likely N-dealkylation sites (tertiary alicyclic amines) is 1. The van der Waals surface area contributed by atoms with Crippen molar-refractivity contribution in [2.24, 2.45) is 11.7 Å². The average molecular weight is 156 g/mol. The lowest BCUT2D eigenvalue weighted by atomic mass is 9.92. The Kier molecular flexibility index (Phi) is 3.34. The minimum absolute atomic E-state index is 0.752.